The van der Waals surface area contributed by atoms with Crippen LogP contribution in [0.3, 0.4) is 0 Å². The number of aliphatic hydroxyl groups is 14. The van der Waals surface area contributed by atoms with E-state index in [-0.39, 0.29) is 91.0 Å². The minimum absolute atomic E-state index is 0.00667. The molecule has 0 amide bonds. The average Bonchev–Trinajstić information content (AvgIpc) is 3.25. The second-order valence-electron chi connectivity index (χ2n) is 12.0. The van der Waals surface area contributed by atoms with Crippen LogP contribution in [0.25, 0.3) is 0 Å². The van der Waals surface area contributed by atoms with Gasteiger partial charge in [0.2, 0.25) is 0 Å². The summed E-state index contributed by atoms with van der Waals surface area (Å²) in [4.78, 5) is 0. The van der Waals surface area contributed by atoms with Crippen molar-refractivity contribution in [2.24, 2.45) is 0 Å². The predicted molar refractivity (Wildman–Crippen MR) is 224 cm³/mol. The van der Waals surface area contributed by atoms with Crippen molar-refractivity contribution in [2.45, 2.75) is 78.2 Å². The summed E-state index contributed by atoms with van der Waals surface area (Å²) in [7, 11) is 0. The lowest BCUT2D eigenvalue weighted by atomic mass is 10.4. The monoisotopic (exact) mass is 915 g/mol. The van der Waals surface area contributed by atoms with Gasteiger partial charge in [0, 0.05) is 0 Å². The molecule has 0 fully saturated rings. The van der Waals surface area contributed by atoms with Crippen LogP contribution < -0.4 is 0 Å². The van der Waals surface area contributed by atoms with Crippen LogP contribution in [-0.2, 0) is 42.6 Å². The van der Waals surface area contributed by atoms with Gasteiger partial charge >= 0.3 is 0 Å². The molecule has 0 radical (unpaired) electrons. The normalized spacial score (nSPS) is 13.2. The van der Waals surface area contributed by atoms with Crippen LogP contribution in [0.2, 0.25) is 0 Å². The molecule has 6 unspecified atom stereocenters. The molecule has 0 aliphatic heterocycles. The highest BCUT2D eigenvalue weighted by Gasteiger charge is 2.07. The lowest BCUT2D eigenvalue weighted by molar-refractivity contribution is -0.0620. The van der Waals surface area contributed by atoms with Gasteiger partial charge in [0.05, 0.1) is 208 Å². The molecule has 23 heteroatoms. The van der Waals surface area contributed by atoms with Crippen molar-refractivity contribution in [3.8, 4) is 0 Å². The van der Waals surface area contributed by atoms with Crippen molar-refractivity contribution in [1.29, 1.82) is 0 Å². The van der Waals surface area contributed by atoms with Crippen LogP contribution >= 0.6 is 0 Å². The van der Waals surface area contributed by atoms with E-state index in [0.717, 1.165) is 0 Å². The first kappa shape index (κ1) is 74.4. The van der Waals surface area contributed by atoms with Gasteiger partial charge in [-0.3, -0.25) is 0 Å². The van der Waals surface area contributed by atoms with Gasteiger partial charge in [0.25, 0.3) is 0 Å². The zero-order valence-corrected chi connectivity index (χ0v) is 37.8. The van der Waals surface area contributed by atoms with E-state index in [1.165, 1.54) is 6.92 Å². The Balaban J connectivity index is -0.000000115. The molecule has 23 nitrogen and oxygen atoms in total. The molecule has 14 N–H and O–H groups in total. The molecule has 0 aromatic rings. The van der Waals surface area contributed by atoms with Crippen molar-refractivity contribution in [1.82, 2.24) is 0 Å². The van der Waals surface area contributed by atoms with Gasteiger partial charge in [-0.2, -0.15) is 0 Å². The van der Waals surface area contributed by atoms with Crippen LogP contribution in [0, 0.1) is 0 Å². The van der Waals surface area contributed by atoms with Crippen LogP contribution in [0.4, 0.5) is 0 Å². The summed E-state index contributed by atoms with van der Waals surface area (Å²) in [5.74, 6) is 0. The van der Waals surface area contributed by atoms with Crippen molar-refractivity contribution < 1.29 is 114 Å². The summed E-state index contributed by atoms with van der Waals surface area (Å²) >= 11 is 0. The van der Waals surface area contributed by atoms with Crippen molar-refractivity contribution in [2.75, 3.05) is 172 Å². The second kappa shape index (κ2) is 73.5. The maximum absolute atomic E-state index is 8.92. The fraction of sp³-hybridized carbons (Fsp3) is 1.00. The fourth-order valence-corrected chi connectivity index (χ4v) is 2.41. The average molecular weight is 915 g/mol. The fourth-order valence-electron chi connectivity index (χ4n) is 2.41. The first-order valence-corrected chi connectivity index (χ1v) is 20.2. The van der Waals surface area contributed by atoms with Gasteiger partial charge in [-0.05, 0) is 41.5 Å². The van der Waals surface area contributed by atoms with E-state index in [9.17, 15) is 0 Å². The van der Waals surface area contributed by atoms with Crippen LogP contribution in [-0.4, -0.2) is 280 Å². The third-order valence-corrected chi connectivity index (χ3v) is 5.27. The second-order valence-corrected chi connectivity index (χ2v) is 12.0. The summed E-state index contributed by atoms with van der Waals surface area (Å²) in [5.41, 5.74) is 0. The molecule has 0 saturated carbocycles. The Hall–Kier alpha value is -0.920. The maximum atomic E-state index is 8.92. The van der Waals surface area contributed by atoms with E-state index in [1.807, 2.05) is 6.92 Å². The summed E-state index contributed by atoms with van der Waals surface area (Å²) in [6.07, 6.45) is -1.83. The van der Waals surface area contributed by atoms with E-state index in [4.69, 9.17) is 109 Å². The van der Waals surface area contributed by atoms with Gasteiger partial charge in [0.1, 0.15) is 0 Å². The Morgan fingerprint density at radius 1 is 0.262 bits per heavy atom. The van der Waals surface area contributed by atoms with Gasteiger partial charge < -0.3 is 114 Å². The highest BCUT2D eigenvalue weighted by atomic mass is 16.6. The van der Waals surface area contributed by atoms with E-state index in [1.54, 1.807) is 27.7 Å². The van der Waals surface area contributed by atoms with Crippen molar-refractivity contribution in [3.63, 3.8) is 0 Å². The Kier molecular flexibility index (Phi) is 89.7. The van der Waals surface area contributed by atoms with Crippen LogP contribution in [0.5, 0.6) is 0 Å². The van der Waals surface area contributed by atoms with Crippen LogP contribution in [0.15, 0.2) is 0 Å². The number of aliphatic hydroxyl groups excluding tert-OH is 14. The number of hydrogen-bond donors (Lipinski definition) is 14. The first-order valence-electron chi connectivity index (χ1n) is 20.2. The Morgan fingerprint density at radius 3 is 0.672 bits per heavy atom. The summed E-state index contributed by atoms with van der Waals surface area (Å²) < 4.78 is 44.8. The molecular formula is C38H90O23. The maximum Gasteiger partial charge on any atom is 0.0781 e. The third kappa shape index (κ3) is 109. The Labute approximate surface area is 363 Å². The van der Waals surface area contributed by atoms with E-state index in [0.29, 0.717) is 99.1 Å². The smallest absolute Gasteiger partial charge is 0.0781 e. The molecule has 0 bridgehead atoms. The zero-order chi connectivity index (χ0) is 48.2. The highest BCUT2D eigenvalue weighted by Crippen LogP contribution is 1.97. The molecule has 61 heavy (non-hydrogen) atoms. The number of ether oxygens (including phenoxy) is 9. The first-order chi connectivity index (χ1) is 29.1. The molecular weight excluding hydrogens is 824 g/mol. The molecule has 0 aliphatic carbocycles. The molecule has 0 aromatic carbocycles. The van der Waals surface area contributed by atoms with Gasteiger partial charge in [-0.25, -0.2) is 0 Å². The Morgan fingerprint density at radius 2 is 0.475 bits per heavy atom. The predicted octanol–water partition coefficient (Wildman–Crippen LogP) is -4.72. The number of rotatable bonds is 34. The number of hydrogen-bond acceptors (Lipinski definition) is 23. The van der Waals surface area contributed by atoms with E-state index < -0.39 is 18.3 Å². The molecule has 0 aromatic heterocycles. The molecule has 6 atom stereocenters. The van der Waals surface area contributed by atoms with E-state index >= 15 is 0 Å². The van der Waals surface area contributed by atoms with Gasteiger partial charge in [-0.15, -0.1) is 0 Å². The quantitative estimate of drug-likeness (QED) is 0.0270. The summed E-state index contributed by atoms with van der Waals surface area (Å²) in [5, 5.41) is 115. The molecule has 380 valence electrons. The largest absolute Gasteiger partial charge is 0.394 e. The van der Waals surface area contributed by atoms with Crippen LogP contribution in [0.1, 0.15) is 41.5 Å². The SMILES string of the molecule is CC(O)CO.CC(O)COC(C)CO.CC(O)COC(C)COC(C)CO.OCCO.OCCOCCO.OCCOCCOCCO.OCCOCCOCCOCCO. The highest BCUT2D eigenvalue weighted by molar-refractivity contribution is 4.53. The molecule has 0 rings (SSSR count). The van der Waals surface area contributed by atoms with Crippen molar-refractivity contribution in [3.05, 3.63) is 0 Å². The zero-order valence-electron chi connectivity index (χ0n) is 37.8. The molecule has 0 aliphatic rings. The lowest BCUT2D eigenvalue weighted by Gasteiger charge is -2.16. The molecule has 0 heterocycles. The van der Waals surface area contributed by atoms with Gasteiger partial charge in [-0.1, -0.05) is 0 Å². The minimum Gasteiger partial charge on any atom is -0.394 e. The summed E-state index contributed by atoms with van der Waals surface area (Å²) in [6, 6.07) is 0. The van der Waals surface area contributed by atoms with Crippen molar-refractivity contribution >= 4 is 0 Å². The third-order valence-electron chi connectivity index (χ3n) is 5.27. The van der Waals surface area contributed by atoms with Gasteiger partial charge in [0.15, 0.2) is 0 Å². The Bertz CT molecular complexity index is 635. The standard InChI is InChI=1S/C9H20O4.C8H18O5.C6H14O4.C6H14O3.C4H10O3.C3H8O2.C2H6O2/c1-7(11)5-12-9(3)6-13-8(2)4-10;9-1-3-11-5-7-13-8-6-12-4-2-10;7-1-3-9-5-6-10-4-2-8;1-5(8)4-9-6(2)3-7;5-1-3-7-4-2-6;1-3(5)2-4;3-1-2-4/h7-11H,4-6H2,1-3H3;9-10H,1-8H2;7-8H,1-6H2;5-8H,3-4H2,1-2H3;5-6H,1-4H2;3-5H,2H2,1H3;3-4H,1-2H2. The topological polar surface area (TPSA) is 366 Å². The minimum atomic E-state index is -0.560. The van der Waals surface area contributed by atoms with E-state index in [2.05, 4.69) is 4.74 Å². The lowest BCUT2D eigenvalue weighted by Crippen LogP contribution is -2.24. The molecule has 0 saturated heterocycles. The summed E-state index contributed by atoms with van der Waals surface area (Å²) in [6.45, 7) is 16.1. The molecule has 0 spiro atoms.